The Kier molecular flexibility index (Phi) is 3.09. The number of carboxylic acids is 1. The SMILES string of the molecule is CC(C)n1c2ccc([N+](=O)[O-])cc2c2ccc(C(=O)O)cc21. The molecule has 0 bridgehead atoms. The van der Waals surface area contributed by atoms with E-state index in [1.54, 1.807) is 18.2 Å². The van der Waals surface area contributed by atoms with E-state index in [9.17, 15) is 14.9 Å². The molecule has 0 saturated heterocycles. The topological polar surface area (TPSA) is 85.4 Å². The van der Waals surface area contributed by atoms with Gasteiger partial charge in [-0.3, -0.25) is 10.1 Å². The molecule has 0 aliphatic rings. The first-order valence-corrected chi connectivity index (χ1v) is 6.85. The Morgan fingerprint density at radius 2 is 1.86 bits per heavy atom. The van der Waals surface area contributed by atoms with Crippen LogP contribution in [0.3, 0.4) is 0 Å². The highest BCUT2D eigenvalue weighted by Crippen LogP contribution is 2.34. The summed E-state index contributed by atoms with van der Waals surface area (Å²) in [5.41, 5.74) is 1.85. The van der Waals surface area contributed by atoms with Gasteiger partial charge in [0.15, 0.2) is 0 Å². The Morgan fingerprint density at radius 3 is 2.45 bits per heavy atom. The third-order valence-corrected chi connectivity index (χ3v) is 3.76. The first kappa shape index (κ1) is 14.1. The van der Waals surface area contributed by atoms with Gasteiger partial charge >= 0.3 is 5.97 Å². The lowest BCUT2D eigenvalue weighted by Gasteiger charge is -2.11. The van der Waals surface area contributed by atoms with Gasteiger partial charge in [-0.2, -0.15) is 0 Å². The van der Waals surface area contributed by atoms with Gasteiger partial charge in [-0.15, -0.1) is 0 Å². The number of nitrogens with zero attached hydrogens (tertiary/aromatic N) is 2. The normalized spacial score (nSPS) is 11.4. The van der Waals surface area contributed by atoms with Gasteiger partial charge in [0.05, 0.1) is 16.0 Å². The van der Waals surface area contributed by atoms with E-state index in [0.717, 1.165) is 21.8 Å². The Labute approximate surface area is 125 Å². The predicted octanol–water partition coefficient (Wildman–Crippen LogP) is 3.98. The average molecular weight is 298 g/mol. The summed E-state index contributed by atoms with van der Waals surface area (Å²) >= 11 is 0. The van der Waals surface area contributed by atoms with E-state index in [1.807, 2.05) is 18.4 Å². The highest BCUT2D eigenvalue weighted by atomic mass is 16.6. The molecule has 1 N–H and O–H groups in total. The van der Waals surface area contributed by atoms with E-state index in [0.29, 0.717) is 0 Å². The standard InChI is InChI=1S/C16H14N2O4/c1-9(2)17-14-6-4-11(18(21)22)8-13(14)12-5-3-10(16(19)20)7-15(12)17/h3-9H,1-2H3,(H,19,20). The van der Waals surface area contributed by atoms with Crippen LogP contribution < -0.4 is 0 Å². The molecule has 6 heteroatoms. The zero-order valence-electron chi connectivity index (χ0n) is 12.1. The molecular formula is C16H14N2O4. The number of carbonyl (C=O) groups is 1. The van der Waals surface area contributed by atoms with E-state index in [2.05, 4.69) is 0 Å². The predicted molar refractivity (Wildman–Crippen MR) is 83.4 cm³/mol. The minimum atomic E-state index is -0.992. The maximum absolute atomic E-state index is 11.2. The average Bonchev–Trinajstić information content (AvgIpc) is 2.79. The molecule has 3 aromatic rings. The second-order valence-electron chi connectivity index (χ2n) is 5.46. The lowest BCUT2D eigenvalue weighted by Crippen LogP contribution is -2.01. The first-order chi connectivity index (χ1) is 10.4. The minimum absolute atomic E-state index is 0.0256. The van der Waals surface area contributed by atoms with Crippen LogP contribution in [0.5, 0.6) is 0 Å². The van der Waals surface area contributed by atoms with E-state index >= 15 is 0 Å². The van der Waals surface area contributed by atoms with Gasteiger partial charge in [-0.1, -0.05) is 6.07 Å². The Bertz CT molecular complexity index is 925. The van der Waals surface area contributed by atoms with Crippen LogP contribution in [0, 0.1) is 10.1 Å². The van der Waals surface area contributed by atoms with E-state index in [-0.39, 0.29) is 17.3 Å². The summed E-state index contributed by atoms with van der Waals surface area (Å²) in [6.45, 7) is 3.99. The number of nitro benzene ring substituents is 1. The van der Waals surface area contributed by atoms with Crippen LogP contribution in [-0.4, -0.2) is 20.6 Å². The van der Waals surface area contributed by atoms with Crippen molar-refractivity contribution in [1.82, 2.24) is 4.57 Å². The number of hydrogen-bond acceptors (Lipinski definition) is 3. The summed E-state index contributed by atoms with van der Waals surface area (Å²) in [7, 11) is 0. The maximum atomic E-state index is 11.2. The van der Waals surface area contributed by atoms with E-state index < -0.39 is 10.9 Å². The molecule has 3 rings (SSSR count). The molecule has 22 heavy (non-hydrogen) atoms. The molecule has 0 aliphatic carbocycles. The third kappa shape index (κ3) is 2.00. The monoisotopic (exact) mass is 298 g/mol. The van der Waals surface area contributed by atoms with Crippen LogP contribution in [0.15, 0.2) is 36.4 Å². The Hall–Kier alpha value is -2.89. The number of carboxylic acid groups (broad SMARTS) is 1. The van der Waals surface area contributed by atoms with Gasteiger partial charge < -0.3 is 9.67 Å². The van der Waals surface area contributed by atoms with Gasteiger partial charge in [0, 0.05) is 34.5 Å². The molecule has 0 saturated carbocycles. The number of nitro groups is 1. The highest BCUT2D eigenvalue weighted by molar-refractivity contribution is 6.10. The Balaban J connectivity index is 2.46. The molecule has 1 aromatic heterocycles. The highest BCUT2D eigenvalue weighted by Gasteiger charge is 2.17. The number of fused-ring (bicyclic) bond motifs is 3. The lowest BCUT2D eigenvalue weighted by atomic mass is 10.1. The van der Waals surface area contributed by atoms with Crippen molar-refractivity contribution in [3.8, 4) is 0 Å². The van der Waals surface area contributed by atoms with Crippen LogP contribution >= 0.6 is 0 Å². The molecular weight excluding hydrogens is 284 g/mol. The molecule has 0 spiro atoms. The molecule has 0 aliphatic heterocycles. The van der Waals surface area contributed by atoms with Crippen molar-refractivity contribution in [3.63, 3.8) is 0 Å². The number of non-ortho nitro benzene ring substituents is 1. The summed E-state index contributed by atoms with van der Waals surface area (Å²) in [4.78, 5) is 21.7. The number of aromatic nitrogens is 1. The second-order valence-corrected chi connectivity index (χ2v) is 5.46. The Morgan fingerprint density at radius 1 is 1.14 bits per heavy atom. The van der Waals surface area contributed by atoms with E-state index in [4.69, 9.17) is 5.11 Å². The molecule has 0 unspecified atom stereocenters. The third-order valence-electron chi connectivity index (χ3n) is 3.76. The van der Waals surface area contributed by atoms with Crippen molar-refractivity contribution >= 4 is 33.5 Å². The van der Waals surface area contributed by atoms with Crippen molar-refractivity contribution < 1.29 is 14.8 Å². The fourth-order valence-corrected chi connectivity index (χ4v) is 2.84. The molecule has 0 fully saturated rings. The number of hydrogen-bond donors (Lipinski definition) is 1. The molecule has 1 heterocycles. The van der Waals surface area contributed by atoms with Crippen molar-refractivity contribution in [2.45, 2.75) is 19.9 Å². The zero-order valence-corrected chi connectivity index (χ0v) is 12.1. The fourth-order valence-electron chi connectivity index (χ4n) is 2.84. The van der Waals surface area contributed by atoms with Gasteiger partial charge in [-0.05, 0) is 32.0 Å². The van der Waals surface area contributed by atoms with Crippen LogP contribution in [0.4, 0.5) is 5.69 Å². The summed E-state index contributed by atoms with van der Waals surface area (Å²) in [6.07, 6.45) is 0. The number of benzene rings is 2. The molecule has 0 amide bonds. The molecule has 0 atom stereocenters. The van der Waals surface area contributed by atoms with Crippen molar-refractivity contribution in [2.75, 3.05) is 0 Å². The summed E-state index contributed by atoms with van der Waals surface area (Å²) in [5, 5.41) is 21.7. The van der Waals surface area contributed by atoms with Crippen LogP contribution in [-0.2, 0) is 0 Å². The molecule has 112 valence electrons. The summed E-state index contributed by atoms with van der Waals surface area (Å²) in [5.74, 6) is -0.992. The quantitative estimate of drug-likeness (QED) is 0.585. The summed E-state index contributed by atoms with van der Waals surface area (Å²) in [6, 6.07) is 9.68. The summed E-state index contributed by atoms with van der Waals surface area (Å²) < 4.78 is 2.00. The van der Waals surface area contributed by atoms with Gasteiger partial charge in [-0.25, -0.2) is 4.79 Å². The van der Waals surface area contributed by atoms with Gasteiger partial charge in [0.2, 0.25) is 0 Å². The van der Waals surface area contributed by atoms with Crippen LogP contribution in [0.2, 0.25) is 0 Å². The fraction of sp³-hybridized carbons (Fsp3) is 0.188. The smallest absolute Gasteiger partial charge is 0.335 e. The molecule has 2 aromatic carbocycles. The molecule has 6 nitrogen and oxygen atoms in total. The van der Waals surface area contributed by atoms with Gasteiger partial charge in [0.1, 0.15) is 0 Å². The number of aromatic carboxylic acids is 1. The van der Waals surface area contributed by atoms with Crippen LogP contribution in [0.1, 0.15) is 30.2 Å². The van der Waals surface area contributed by atoms with E-state index in [1.165, 1.54) is 18.2 Å². The first-order valence-electron chi connectivity index (χ1n) is 6.85. The molecule has 0 radical (unpaired) electrons. The zero-order chi connectivity index (χ0) is 16.0. The maximum Gasteiger partial charge on any atom is 0.335 e. The van der Waals surface area contributed by atoms with Crippen molar-refractivity contribution in [3.05, 3.63) is 52.1 Å². The number of rotatable bonds is 3. The van der Waals surface area contributed by atoms with Crippen molar-refractivity contribution in [2.24, 2.45) is 0 Å². The van der Waals surface area contributed by atoms with Crippen molar-refractivity contribution in [1.29, 1.82) is 0 Å². The van der Waals surface area contributed by atoms with Crippen LogP contribution in [0.25, 0.3) is 21.8 Å². The minimum Gasteiger partial charge on any atom is -0.478 e. The second kappa shape index (κ2) is 4.84. The van der Waals surface area contributed by atoms with Gasteiger partial charge in [0.25, 0.3) is 5.69 Å². The largest absolute Gasteiger partial charge is 0.478 e. The lowest BCUT2D eigenvalue weighted by molar-refractivity contribution is -0.384.